The Kier molecular flexibility index (Phi) is 5.74. The molecule has 6 heteroatoms. The van der Waals surface area contributed by atoms with Gasteiger partial charge in [0.15, 0.2) is 0 Å². The molecule has 0 bridgehead atoms. The van der Waals surface area contributed by atoms with Crippen molar-refractivity contribution in [2.45, 2.75) is 44.7 Å². The largest absolute Gasteiger partial charge is 0.381 e. The Balaban J connectivity index is 1.60. The zero-order valence-corrected chi connectivity index (χ0v) is 19.1. The first-order valence-corrected chi connectivity index (χ1v) is 11.6. The molecule has 1 unspecified atom stereocenters. The molecule has 0 radical (unpaired) electrons. The molecule has 0 spiro atoms. The fourth-order valence-corrected chi connectivity index (χ4v) is 5.21. The molecule has 0 saturated carbocycles. The summed E-state index contributed by atoms with van der Waals surface area (Å²) in [6.07, 6.45) is 7.05. The quantitative estimate of drug-likeness (QED) is 0.564. The van der Waals surface area contributed by atoms with Gasteiger partial charge in [-0.15, -0.1) is 0 Å². The lowest BCUT2D eigenvalue weighted by Crippen LogP contribution is -2.39. The number of rotatable bonds is 4. The zero-order chi connectivity index (χ0) is 22.9. The van der Waals surface area contributed by atoms with Crippen LogP contribution in [0.1, 0.15) is 53.4 Å². The number of carbonyl (C=O) groups is 1. The normalized spacial score (nSPS) is 18.5. The number of carbonyl (C=O) groups excluding carboxylic acids is 1. The summed E-state index contributed by atoms with van der Waals surface area (Å²) in [5, 5.41) is 10.9. The van der Waals surface area contributed by atoms with Crippen LogP contribution in [0, 0.1) is 18.3 Å². The number of pyridine rings is 1. The second-order valence-electron chi connectivity index (χ2n) is 8.95. The van der Waals surface area contributed by atoms with Crippen molar-refractivity contribution < 1.29 is 9.53 Å². The first kappa shape index (κ1) is 21.4. The third-order valence-corrected chi connectivity index (χ3v) is 7.02. The van der Waals surface area contributed by atoms with E-state index in [4.69, 9.17) is 9.72 Å². The number of ether oxygens (including phenoxy) is 1. The Morgan fingerprint density at radius 2 is 2.00 bits per heavy atom. The highest BCUT2D eigenvalue weighted by Crippen LogP contribution is 2.39. The molecule has 1 aromatic carbocycles. The van der Waals surface area contributed by atoms with Gasteiger partial charge in [-0.3, -0.25) is 4.79 Å². The SMILES string of the molecule is Cc1ccc2c(C#N)c(C=CC(=O)N(C)C3CCOCC3)n(C3CCc4ccccc43)c2n1. The Morgan fingerprint density at radius 1 is 1.21 bits per heavy atom. The van der Waals surface area contributed by atoms with E-state index in [1.54, 1.807) is 11.0 Å². The third kappa shape index (κ3) is 3.83. The van der Waals surface area contributed by atoms with Gasteiger partial charge in [0.25, 0.3) is 0 Å². The Morgan fingerprint density at radius 3 is 2.79 bits per heavy atom. The lowest BCUT2D eigenvalue weighted by Gasteiger charge is -2.30. The number of hydrogen-bond acceptors (Lipinski definition) is 4. The number of nitrogens with zero attached hydrogens (tertiary/aromatic N) is 4. The van der Waals surface area contributed by atoms with Crippen LogP contribution in [0.3, 0.4) is 0 Å². The van der Waals surface area contributed by atoms with Crippen LogP contribution in [0.2, 0.25) is 0 Å². The van der Waals surface area contributed by atoms with Gasteiger partial charge >= 0.3 is 0 Å². The van der Waals surface area contributed by atoms with Gasteiger partial charge < -0.3 is 14.2 Å². The lowest BCUT2D eigenvalue weighted by atomic mass is 10.1. The van der Waals surface area contributed by atoms with E-state index in [9.17, 15) is 10.1 Å². The maximum absolute atomic E-state index is 13.0. The molecule has 6 nitrogen and oxygen atoms in total. The van der Waals surface area contributed by atoms with Crippen molar-refractivity contribution in [3.8, 4) is 6.07 Å². The van der Waals surface area contributed by atoms with Crippen molar-refractivity contribution >= 4 is 23.0 Å². The van der Waals surface area contributed by atoms with Gasteiger partial charge in [-0.1, -0.05) is 24.3 Å². The predicted octanol–water partition coefficient (Wildman–Crippen LogP) is 4.40. The second-order valence-corrected chi connectivity index (χ2v) is 8.95. The summed E-state index contributed by atoms with van der Waals surface area (Å²) in [6.45, 7) is 3.34. The minimum atomic E-state index is -0.0569. The molecule has 1 saturated heterocycles. The summed E-state index contributed by atoms with van der Waals surface area (Å²) < 4.78 is 7.60. The van der Waals surface area contributed by atoms with Crippen LogP contribution < -0.4 is 0 Å². The standard InChI is InChI=1S/C27H28N4O2/c1-18-7-9-22-23(17-28)25(11-12-26(32)30(2)20-13-15-33-16-14-20)31(27(22)29-18)24-10-8-19-5-3-4-6-21(19)24/h3-7,9,11-12,20,24H,8,10,13-16H2,1-2H3. The Labute approximate surface area is 194 Å². The topological polar surface area (TPSA) is 71.2 Å². The fourth-order valence-electron chi connectivity index (χ4n) is 5.21. The minimum absolute atomic E-state index is 0.0569. The summed E-state index contributed by atoms with van der Waals surface area (Å²) in [6, 6.07) is 15.0. The summed E-state index contributed by atoms with van der Waals surface area (Å²) in [4.78, 5) is 19.6. The van der Waals surface area contributed by atoms with E-state index in [1.165, 1.54) is 11.1 Å². The minimum Gasteiger partial charge on any atom is -0.381 e. The predicted molar refractivity (Wildman–Crippen MR) is 128 cm³/mol. The molecule has 1 aliphatic heterocycles. The van der Waals surface area contributed by atoms with E-state index in [1.807, 2.05) is 32.2 Å². The van der Waals surface area contributed by atoms with Crippen molar-refractivity contribution in [2.24, 2.45) is 0 Å². The van der Waals surface area contributed by atoms with E-state index in [0.717, 1.165) is 48.1 Å². The van der Waals surface area contributed by atoms with E-state index in [0.29, 0.717) is 18.8 Å². The average molecular weight is 441 g/mol. The van der Waals surface area contributed by atoms with Gasteiger partial charge in [-0.25, -0.2) is 4.98 Å². The Bertz CT molecular complexity index is 1280. The smallest absolute Gasteiger partial charge is 0.246 e. The Hall–Kier alpha value is -3.43. The van der Waals surface area contributed by atoms with Crippen LogP contribution in [0.5, 0.6) is 0 Å². The molecule has 5 rings (SSSR count). The second kappa shape index (κ2) is 8.84. The third-order valence-electron chi connectivity index (χ3n) is 7.02. The summed E-state index contributed by atoms with van der Waals surface area (Å²) >= 11 is 0. The number of amides is 1. The van der Waals surface area contributed by atoms with Crippen molar-refractivity contribution in [3.63, 3.8) is 0 Å². The van der Waals surface area contributed by atoms with E-state index < -0.39 is 0 Å². The summed E-state index contributed by atoms with van der Waals surface area (Å²) in [5.41, 5.74) is 5.63. The lowest BCUT2D eigenvalue weighted by molar-refractivity contribution is -0.128. The number of fused-ring (bicyclic) bond motifs is 2. The van der Waals surface area contributed by atoms with Gasteiger partial charge in [0.2, 0.25) is 5.91 Å². The van der Waals surface area contributed by atoms with E-state index >= 15 is 0 Å². The molecule has 1 atom stereocenters. The highest BCUT2D eigenvalue weighted by Gasteiger charge is 2.29. The van der Waals surface area contributed by atoms with Crippen LogP contribution in [0.25, 0.3) is 17.1 Å². The molecular weight excluding hydrogens is 412 g/mol. The van der Waals surface area contributed by atoms with Crippen LogP contribution in [0.15, 0.2) is 42.5 Å². The van der Waals surface area contributed by atoms with Crippen LogP contribution >= 0.6 is 0 Å². The van der Waals surface area contributed by atoms with Crippen molar-refractivity contribution in [2.75, 3.05) is 20.3 Å². The van der Waals surface area contributed by atoms with Gasteiger partial charge in [-0.2, -0.15) is 5.26 Å². The molecular formula is C27H28N4O2. The van der Waals surface area contributed by atoms with Crippen LogP contribution in [0.4, 0.5) is 0 Å². The summed E-state index contributed by atoms with van der Waals surface area (Å²) in [7, 11) is 1.85. The van der Waals surface area contributed by atoms with Crippen molar-refractivity contribution in [1.82, 2.24) is 14.5 Å². The van der Waals surface area contributed by atoms with Crippen LogP contribution in [-0.2, 0) is 16.0 Å². The van der Waals surface area contributed by atoms with Gasteiger partial charge in [0.05, 0.1) is 17.3 Å². The number of benzene rings is 1. The molecule has 3 heterocycles. The molecule has 2 aliphatic rings. The molecule has 1 fully saturated rings. The fraction of sp³-hybridized carbons (Fsp3) is 0.370. The summed E-state index contributed by atoms with van der Waals surface area (Å²) in [5.74, 6) is -0.0569. The van der Waals surface area contributed by atoms with Crippen molar-refractivity contribution in [1.29, 1.82) is 5.26 Å². The molecule has 1 amide bonds. The maximum atomic E-state index is 13.0. The molecule has 1 aliphatic carbocycles. The number of nitriles is 1. The molecule has 3 aromatic rings. The number of likely N-dealkylation sites (N-methyl/N-ethyl adjacent to an activating group) is 1. The molecule has 0 N–H and O–H groups in total. The number of aryl methyl sites for hydroxylation is 2. The average Bonchev–Trinajstić information content (AvgIpc) is 3.40. The van der Waals surface area contributed by atoms with Gasteiger partial charge in [0.1, 0.15) is 11.7 Å². The van der Waals surface area contributed by atoms with E-state index in [-0.39, 0.29) is 18.0 Å². The van der Waals surface area contributed by atoms with Crippen LogP contribution in [-0.4, -0.2) is 46.7 Å². The van der Waals surface area contributed by atoms with Crippen molar-refractivity contribution in [3.05, 3.63) is 70.6 Å². The maximum Gasteiger partial charge on any atom is 0.246 e. The van der Waals surface area contributed by atoms with Gasteiger partial charge in [0, 0.05) is 43.5 Å². The molecule has 33 heavy (non-hydrogen) atoms. The number of hydrogen-bond donors (Lipinski definition) is 0. The monoisotopic (exact) mass is 440 g/mol. The number of aromatic nitrogens is 2. The first-order valence-electron chi connectivity index (χ1n) is 11.6. The van der Waals surface area contributed by atoms with E-state index in [2.05, 4.69) is 34.9 Å². The highest BCUT2D eigenvalue weighted by molar-refractivity contribution is 5.95. The highest BCUT2D eigenvalue weighted by atomic mass is 16.5. The van der Waals surface area contributed by atoms with Gasteiger partial charge in [-0.05, 0) is 61.9 Å². The zero-order valence-electron chi connectivity index (χ0n) is 19.1. The molecule has 168 valence electrons. The molecule has 2 aromatic heterocycles. The first-order chi connectivity index (χ1) is 16.1.